The highest BCUT2D eigenvalue weighted by molar-refractivity contribution is 7.12. The van der Waals surface area contributed by atoms with E-state index in [4.69, 9.17) is 14.3 Å². The Hall–Kier alpha value is -3.23. The van der Waals surface area contributed by atoms with Gasteiger partial charge in [-0.15, -0.1) is 11.3 Å². The molecular weight excluding hydrogens is 416 g/mol. The first-order valence-corrected chi connectivity index (χ1v) is 10.7. The fourth-order valence-electron chi connectivity index (χ4n) is 3.59. The molecule has 2 aromatic rings. The molecule has 1 aromatic heterocycles. The van der Waals surface area contributed by atoms with Crippen LogP contribution in [0.25, 0.3) is 5.57 Å². The molecule has 7 nitrogen and oxygen atoms in total. The summed E-state index contributed by atoms with van der Waals surface area (Å²) in [7, 11) is 0. The summed E-state index contributed by atoms with van der Waals surface area (Å²) >= 11 is 1.39. The maximum atomic E-state index is 12.7. The van der Waals surface area contributed by atoms with Gasteiger partial charge in [-0.25, -0.2) is 4.79 Å². The molecule has 4 rings (SSSR count). The fraction of sp³-hybridized carbons (Fsp3) is 0.261. The molecular formula is C23H22N2O5S. The summed E-state index contributed by atoms with van der Waals surface area (Å²) in [6, 6.07) is 7.63. The van der Waals surface area contributed by atoms with Crippen LogP contribution in [0.15, 0.2) is 53.0 Å². The van der Waals surface area contributed by atoms with E-state index in [1.54, 1.807) is 6.07 Å². The van der Waals surface area contributed by atoms with Gasteiger partial charge in [-0.1, -0.05) is 18.7 Å². The molecule has 0 aliphatic carbocycles. The normalized spacial score (nSPS) is 17.7. The Morgan fingerprint density at radius 3 is 2.87 bits per heavy atom. The van der Waals surface area contributed by atoms with Gasteiger partial charge in [0.1, 0.15) is 12.4 Å². The number of likely N-dealkylation sites (N-methyl/N-ethyl adjacent to an activating group) is 1. The number of allylic oxidation sites excluding steroid dienone is 2. The highest BCUT2D eigenvalue weighted by Gasteiger charge is 2.31. The minimum absolute atomic E-state index is 0.0802. The first kappa shape index (κ1) is 21.0. The third-order valence-electron chi connectivity index (χ3n) is 4.99. The number of nitrogens with zero attached hydrogens (tertiary/aromatic N) is 2. The topological polar surface area (TPSA) is 77.4 Å². The van der Waals surface area contributed by atoms with Gasteiger partial charge in [-0.3, -0.25) is 4.79 Å². The van der Waals surface area contributed by atoms with Crippen LogP contribution in [0.3, 0.4) is 0 Å². The molecule has 0 radical (unpaired) electrons. The molecule has 0 saturated heterocycles. The first-order valence-electron chi connectivity index (χ1n) is 9.86. The third-order valence-corrected chi connectivity index (χ3v) is 5.85. The van der Waals surface area contributed by atoms with E-state index in [0.717, 1.165) is 28.9 Å². The van der Waals surface area contributed by atoms with Gasteiger partial charge in [-0.05, 0) is 41.2 Å². The molecule has 1 aromatic carbocycles. The Morgan fingerprint density at radius 1 is 1.32 bits per heavy atom. The Bertz CT molecular complexity index is 1100. The Morgan fingerprint density at radius 2 is 2.16 bits per heavy atom. The lowest BCUT2D eigenvalue weighted by atomic mass is 9.99. The molecule has 0 fully saturated rings. The van der Waals surface area contributed by atoms with Crippen LogP contribution in [0, 0.1) is 0 Å². The van der Waals surface area contributed by atoms with Crippen LogP contribution < -0.4 is 9.64 Å². The average molecular weight is 439 g/mol. The highest BCUT2D eigenvalue weighted by atomic mass is 32.1. The molecule has 31 heavy (non-hydrogen) atoms. The smallest absolute Gasteiger partial charge is 0.332 e. The monoisotopic (exact) mass is 438 g/mol. The molecule has 0 saturated carbocycles. The summed E-state index contributed by atoms with van der Waals surface area (Å²) in [5.41, 5.74) is 4.07. The molecule has 160 valence electrons. The lowest BCUT2D eigenvalue weighted by Gasteiger charge is -2.17. The minimum atomic E-state index is -0.542. The van der Waals surface area contributed by atoms with Crippen LogP contribution in [-0.4, -0.2) is 37.3 Å². The van der Waals surface area contributed by atoms with Crippen LogP contribution in [0.1, 0.15) is 34.6 Å². The number of rotatable bonds is 5. The zero-order valence-corrected chi connectivity index (χ0v) is 18.2. The maximum Gasteiger partial charge on any atom is 0.332 e. The predicted octanol–water partition coefficient (Wildman–Crippen LogP) is 4.20. The zero-order valence-electron chi connectivity index (χ0n) is 17.3. The number of hydrogen-bond donors (Lipinski definition) is 0. The first-order chi connectivity index (χ1) is 15.0. The highest BCUT2D eigenvalue weighted by Crippen LogP contribution is 2.45. The zero-order chi connectivity index (χ0) is 22.0. The lowest BCUT2D eigenvalue weighted by molar-refractivity contribution is -0.141. The van der Waals surface area contributed by atoms with Crippen LogP contribution in [0.4, 0.5) is 5.69 Å². The van der Waals surface area contributed by atoms with Crippen LogP contribution >= 0.6 is 11.3 Å². The molecule has 8 heteroatoms. The number of fused-ring (bicyclic) bond motifs is 3. The van der Waals surface area contributed by atoms with Crippen LogP contribution in [-0.2, 0) is 21.0 Å². The number of thiophene rings is 1. The van der Waals surface area contributed by atoms with E-state index < -0.39 is 5.97 Å². The van der Waals surface area contributed by atoms with E-state index >= 15 is 0 Å². The van der Waals surface area contributed by atoms with Crippen molar-refractivity contribution in [2.75, 3.05) is 24.6 Å². The second kappa shape index (κ2) is 8.87. The number of ether oxygens (including phenoxy) is 2. The Kier molecular flexibility index (Phi) is 6.01. The molecule has 0 atom stereocenters. The number of anilines is 1. The number of benzene rings is 1. The number of ketones is 1. The Labute approximate surface area is 184 Å². The van der Waals surface area contributed by atoms with E-state index in [1.165, 1.54) is 18.3 Å². The number of oxime groups is 1. The van der Waals surface area contributed by atoms with Crippen molar-refractivity contribution in [1.82, 2.24) is 0 Å². The molecule has 0 amide bonds. The van der Waals surface area contributed by atoms with Crippen molar-refractivity contribution in [2.24, 2.45) is 5.16 Å². The predicted molar refractivity (Wildman–Crippen MR) is 120 cm³/mol. The SMILES string of the molecule is C=C(/C=C1\CN(CC)c2ccc3c(c21)O/C(=N\OC(C)=O)COC3)C(=O)c1cccs1. The van der Waals surface area contributed by atoms with Gasteiger partial charge < -0.3 is 19.2 Å². The minimum Gasteiger partial charge on any atom is -0.437 e. The molecule has 3 heterocycles. The summed E-state index contributed by atoms with van der Waals surface area (Å²) in [5.74, 6) is 0.118. The fourth-order valence-corrected chi connectivity index (χ4v) is 4.29. The third kappa shape index (κ3) is 4.30. The quantitative estimate of drug-likeness (QED) is 0.301. The van der Waals surface area contributed by atoms with E-state index in [9.17, 15) is 9.59 Å². The van der Waals surface area contributed by atoms with E-state index in [-0.39, 0.29) is 18.3 Å². The van der Waals surface area contributed by atoms with Gasteiger partial charge in [0.25, 0.3) is 5.90 Å². The van der Waals surface area contributed by atoms with Crippen molar-refractivity contribution in [3.05, 3.63) is 63.9 Å². The lowest BCUT2D eigenvalue weighted by Crippen LogP contribution is -2.19. The second-order valence-electron chi connectivity index (χ2n) is 7.13. The number of hydrogen-bond acceptors (Lipinski definition) is 8. The summed E-state index contributed by atoms with van der Waals surface area (Å²) in [5, 5.41) is 5.64. The average Bonchev–Trinajstić information content (AvgIpc) is 3.35. The molecule has 0 bridgehead atoms. The van der Waals surface area contributed by atoms with Gasteiger partial charge in [0.15, 0.2) is 0 Å². The van der Waals surface area contributed by atoms with Gasteiger partial charge in [0, 0.05) is 42.4 Å². The maximum absolute atomic E-state index is 12.7. The van der Waals surface area contributed by atoms with E-state index in [2.05, 4.69) is 23.6 Å². The summed E-state index contributed by atoms with van der Waals surface area (Å²) in [4.78, 5) is 31.5. The molecule has 0 spiro atoms. The van der Waals surface area contributed by atoms with Gasteiger partial charge in [0.2, 0.25) is 5.78 Å². The van der Waals surface area contributed by atoms with Gasteiger partial charge in [0.05, 0.1) is 11.5 Å². The molecule has 0 unspecified atom stereocenters. The van der Waals surface area contributed by atoms with Crippen molar-refractivity contribution in [3.8, 4) is 5.75 Å². The molecule has 2 aliphatic heterocycles. The number of carbonyl (C=O) groups is 2. The summed E-state index contributed by atoms with van der Waals surface area (Å²) < 4.78 is 11.7. The van der Waals surface area contributed by atoms with Crippen LogP contribution in [0.5, 0.6) is 5.75 Å². The van der Waals surface area contributed by atoms with Crippen LogP contribution in [0.2, 0.25) is 0 Å². The van der Waals surface area contributed by atoms with Crippen molar-refractivity contribution >= 4 is 40.2 Å². The molecule has 0 N–H and O–H groups in total. The summed E-state index contributed by atoms with van der Waals surface area (Å²) in [6.07, 6.45) is 1.83. The standard InChI is InChI=1S/C23H22N2O5S/c1-4-25-11-17(10-14(2)22(27)19-6-5-9-31-19)21-18(25)8-7-16-12-28-13-20(29-23(16)21)24-30-15(3)26/h5-10H,2,4,11-13H2,1,3H3/b17-10+,24-20-. The van der Waals surface area contributed by atoms with Crippen molar-refractivity contribution in [1.29, 1.82) is 0 Å². The second-order valence-corrected chi connectivity index (χ2v) is 8.07. The Balaban J connectivity index is 1.75. The van der Waals surface area contributed by atoms with Crippen molar-refractivity contribution in [3.63, 3.8) is 0 Å². The van der Waals surface area contributed by atoms with E-state index in [0.29, 0.717) is 29.4 Å². The van der Waals surface area contributed by atoms with Crippen molar-refractivity contribution in [2.45, 2.75) is 20.5 Å². The van der Waals surface area contributed by atoms with E-state index in [1.807, 2.05) is 29.7 Å². The molecule has 2 aliphatic rings. The van der Waals surface area contributed by atoms with Gasteiger partial charge >= 0.3 is 5.97 Å². The number of Topliss-reactive ketones (excluding diaryl/α,β-unsaturated/α-hetero) is 1. The summed E-state index contributed by atoms with van der Waals surface area (Å²) in [6.45, 7) is 9.17. The number of carbonyl (C=O) groups excluding carboxylic acids is 2. The van der Waals surface area contributed by atoms with Crippen molar-refractivity contribution < 1.29 is 23.9 Å². The van der Waals surface area contributed by atoms with Gasteiger partial charge in [-0.2, -0.15) is 0 Å². The largest absolute Gasteiger partial charge is 0.437 e.